The van der Waals surface area contributed by atoms with Crippen LogP contribution in [0.2, 0.25) is 5.02 Å². The highest BCUT2D eigenvalue weighted by Crippen LogP contribution is 2.29. The fourth-order valence-corrected chi connectivity index (χ4v) is 3.01. The number of ether oxygens (including phenoxy) is 1. The van der Waals surface area contributed by atoms with Crippen molar-refractivity contribution in [3.63, 3.8) is 0 Å². The highest BCUT2D eigenvalue weighted by atomic mass is 35.5. The average molecular weight is 386 g/mol. The van der Waals surface area contributed by atoms with Crippen molar-refractivity contribution in [3.05, 3.63) is 46.4 Å². The number of carbonyl (C=O) groups is 1. The molecule has 0 saturated carbocycles. The zero-order chi connectivity index (χ0) is 19.7. The lowest BCUT2D eigenvalue weighted by Gasteiger charge is -2.17. The molecule has 0 fully saturated rings. The summed E-state index contributed by atoms with van der Waals surface area (Å²) in [6, 6.07) is 6.94. The number of halogens is 1. The molecule has 1 aromatic carbocycles. The van der Waals surface area contributed by atoms with E-state index in [1.165, 1.54) is 7.11 Å². The van der Waals surface area contributed by atoms with E-state index in [1.54, 1.807) is 18.2 Å². The standard InChI is InChI=1S/C19H20ClN5O2/c1-10-8-11(2)21-16-15(10)18(25(3)4)24-17(23-16)19(26)22-13-9-12(20)6-7-14(13)27-5/h6-9H,1-5H3,(H,22,26). The van der Waals surface area contributed by atoms with Gasteiger partial charge in [0.15, 0.2) is 5.65 Å². The van der Waals surface area contributed by atoms with Gasteiger partial charge in [-0.25, -0.2) is 15.0 Å². The van der Waals surface area contributed by atoms with Crippen LogP contribution in [0.15, 0.2) is 24.3 Å². The molecule has 27 heavy (non-hydrogen) atoms. The number of nitrogens with one attached hydrogen (secondary N) is 1. The molecule has 7 nitrogen and oxygen atoms in total. The van der Waals surface area contributed by atoms with Crippen LogP contribution in [0.5, 0.6) is 5.75 Å². The molecule has 3 rings (SSSR count). The van der Waals surface area contributed by atoms with Gasteiger partial charge in [-0.15, -0.1) is 0 Å². The number of aryl methyl sites for hydroxylation is 2. The number of rotatable bonds is 4. The number of aromatic nitrogens is 3. The number of benzene rings is 1. The van der Waals surface area contributed by atoms with Gasteiger partial charge in [0.05, 0.1) is 18.2 Å². The van der Waals surface area contributed by atoms with Gasteiger partial charge < -0.3 is 15.0 Å². The van der Waals surface area contributed by atoms with E-state index < -0.39 is 5.91 Å². The number of methoxy groups -OCH3 is 1. The molecule has 0 aliphatic heterocycles. The van der Waals surface area contributed by atoms with Gasteiger partial charge >= 0.3 is 0 Å². The first-order valence-electron chi connectivity index (χ1n) is 8.28. The number of hydrogen-bond donors (Lipinski definition) is 1. The molecule has 1 N–H and O–H groups in total. The van der Waals surface area contributed by atoms with E-state index >= 15 is 0 Å². The zero-order valence-corrected chi connectivity index (χ0v) is 16.5. The first-order valence-corrected chi connectivity index (χ1v) is 8.66. The van der Waals surface area contributed by atoms with Crippen molar-refractivity contribution in [2.45, 2.75) is 13.8 Å². The topological polar surface area (TPSA) is 80.2 Å². The number of nitrogens with zero attached hydrogens (tertiary/aromatic N) is 4. The summed E-state index contributed by atoms with van der Waals surface area (Å²) >= 11 is 6.03. The third kappa shape index (κ3) is 3.78. The van der Waals surface area contributed by atoms with Gasteiger partial charge in [0.2, 0.25) is 5.82 Å². The molecule has 0 spiro atoms. The van der Waals surface area contributed by atoms with Gasteiger partial charge in [0.1, 0.15) is 11.6 Å². The fourth-order valence-electron chi connectivity index (χ4n) is 2.84. The Morgan fingerprint density at radius 2 is 1.89 bits per heavy atom. The summed E-state index contributed by atoms with van der Waals surface area (Å²) in [5, 5.41) is 4.06. The van der Waals surface area contributed by atoms with Gasteiger partial charge in [-0.2, -0.15) is 0 Å². The van der Waals surface area contributed by atoms with Crippen molar-refractivity contribution in [1.29, 1.82) is 0 Å². The van der Waals surface area contributed by atoms with Crippen LogP contribution >= 0.6 is 11.6 Å². The van der Waals surface area contributed by atoms with Gasteiger partial charge in [-0.05, 0) is 43.7 Å². The molecule has 0 saturated heterocycles. The Morgan fingerprint density at radius 3 is 2.56 bits per heavy atom. The van der Waals surface area contributed by atoms with E-state index in [9.17, 15) is 4.79 Å². The Bertz CT molecular complexity index is 1040. The predicted octanol–water partition coefficient (Wildman–Crippen LogP) is 3.62. The quantitative estimate of drug-likeness (QED) is 0.738. The van der Waals surface area contributed by atoms with E-state index in [1.807, 2.05) is 38.9 Å². The molecular weight excluding hydrogens is 366 g/mol. The smallest absolute Gasteiger partial charge is 0.293 e. The molecule has 0 radical (unpaired) electrons. The number of fused-ring (bicyclic) bond motifs is 1. The van der Waals surface area contributed by atoms with E-state index in [-0.39, 0.29) is 5.82 Å². The highest BCUT2D eigenvalue weighted by molar-refractivity contribution is 6.31. The number of hydrogen-bond acceptors (Lipinski definition) is 6. The summed E-state index contributed by atoms with van der Waals surface area (Å²) < 4.78 is 5.27. The Labute approximate surface area is 162 Å². The molecule has 2 heterocycles. The van der Waals surface area contributed by atoms with E-state index in [2.05, 4.69) is 20.3 Å². The van der Waals surface area contributed by atoms with Gasteiger partial charge in [-0.1, -0.05) is 11.6 Å². The normalized spacial score (nSPS) is 10.7. The monoisotopic (exact) mass is 385 g/mol. The lowest BCUT2D eigenvalue weighted by molar-refractivity contribution is 0.101. The molecule has 0 aliphatic rings. The third-order valence-electron chi connectivity index (χ3n) is 4.01. The molecule has 0 unspecified atom stereocenters. The Balaban J connectivity index is 2.09. The largest absolute Gasteiger partial charge is 0.495 e. The number of pyridine rings is 1. The van der Waals surface area contributed by atoms with Crippen molar-refractivity contribution in [3.8, 4) is 5.75 Å². The molecule has 8 heteroatoms. The molecular formula is C19H20ClN5O2. The van der Waals surface area contributed by atoms with E-state index in [0.29, 0.717) is 27.9 Å². The van der Waals surface area contributed by atoms with Crippen LogP contribution in [0, 0.1) is 13.8 Å². The average Bonchev–Trinajstić information content (AvgIpc) is 2.60. The van der Waals surface area contributed by atoms with Crippen molar-refractivity contribution < 1.29 is 9.53 Å². The Morgan fingerprint density at radius 1 is 1.15 bits per heavy atom. The van der Waals surface area contributed by atoms with Gasteiger partial charge in [0, 0.05) is 24.8 Å². The molecule has 140 valence electrons. The van der Waals surface area contributed by atoms with Crippen LogP contribution in [-0.4, -0.2) is 42.1 Å². The van der Waals surface area contributed by atoms with Crippen molar-refractivity contribution >= 4 is 40.0 Å². The molecule has 0 atom stereocenters. The van der Waals surface area contributed by atoms with Crippen LogP contribution in [0.1, 0.15) is 21.9 Å². The second-order valence-electron chi connectivity index (χ2n) is 6.34. The molecule has 3 aromatic rings. The minimum absolute atomic E-state index is 0.0192. The SMILES string of the molecule is COc1ccc(Cl)cc1NC(=O)c1nc(N(C)C)c2c(C)cc(C)nc2n1. The maximum Gasteiger partial charge on any atom is 0.293 e. The minimum Gasteiger partial charge on any atom is -0.495 e. The first kappa shape index (κ1) is 18.8. The summed E-state index contributed by atoms with van der Waals surface area (Å²) in [4.78, 5) is 27.9. The van der Waals surface area contributed by atoms with Crippen LogP contribution < -0.4 is 15.0 Å². The molecule has 0 aliphatic carbocycles. The Hall–Kier alpha value is -2.93. The van der Waals surface area contributed by atoms with Gasteiger partial charge in [0.25, 0.3) is 5.91 Å². The summed E-state index contributed by atoms with van der Waals surface area (Å²) in [7, 11) is 5.25. The van der Waals surface area contributed by atoms with E-state index in [0.717, 1.165) is 16.6 Å². The first-order chi connectivity index (χ1) is 12.8. The summed E-state index contributed by atoms with van der Waals surface area (Å²) in [6.45, 7) is 3.87. The lowest BCUT2D eigenvalue weighted by atomic mass is 10.1. The van der Waals surface area contributed by atoms with Gasteiger partial charge in [-0.3, -0.25) is 4.79 Å². The number of anilines is 2. The Kier molecular flexibility index (Phi) is 5.14. The minimum atomic E-state index is -0.471. The summed E-state index contributed by atoms with van der Waals surface area (Å²) in [5.74, 6) is 0.673. The van der Waals surface area contributed by atoms with Crippen LogP contribution in [-0.2, 0) is 0 Å². The number of carbonyl (C=O) groups excluding carboxylic acids is 1. The van der Waals surface area contributed by atoms with Crippen molar-refractivity contribution in [1.82, 2.24) is 15.0 Å². The second kappa shape index (κ2) is 7.36. The maximum absolute atomic E-state index is 12.8. The molecule has 0 bridgehead atoms. The van der Waals surface area contributed by atoms with Crippen molar-refractivity contribution in [2.75, 3.05) is 31.4 Å². The highest BCUT2D eigenvalue weighted by Gasteiger charge is 2.19. The van der Waals surface area contributed by atoms with Crippen molar-refractivity contribution in [2.24, 2.45) is 0 Å². The van der Waals surface area contributed by atoms with Crippen LogP contribution in [0.25, 0.3) is 11.0 Å². The van der Waals surface area contributed by atoms with Crippen LogP contribution in [0.4, 0.5) is 11.5 Å². The summed E-state index contributed by atoms with van der Waals surface area (Å²) in [6.07, 6.45) is 0. The van der Waals surface area contributed by atoms with Crippen LogP contribution in [0.3, 0.4) is 0 Å². The molecule has 1 amide bonds. The summed E-state index contributed by atoms with van der Waals surface area (Å²) in [5.41, 5.74) is 2.75. The zero-order valence-electron chi connectivity index (χ0n) is 15.8. The maximum atomic E-state index is 12.8. The third-order valence-corrected chi connectivity index (χ3v) is 4.24. The predicted molar refractivity (Wildman–Crippen MR) is 107 cm³/mol. The number of amides is 1. The lowest BCUT2D eigenvalue weighted by Crippen LogP contribution is -2.20. The second-order valence-corrected chi connectivity index (χ2v) is 6.78. The van der Waals surface area contributed by atoms with E-state index in [4.69, 9.17) is 16.3 Å². The fraction of sp³-hybridized carbons (Fsp3) is 0.263. The molecule has 2 aromatic heterocycles.